The predicted molar refractivity (Wildman–Crippen MR) is 88.6 cm³/mol. The minimum absolute atomic E-state index is 0.108. The van der Waals surface area contributed by atoms with Gasteiger partial charge in [-0.25, -0.2) is 8.42 Å². The molecule has 2 heterocycles. The molecule has 1 saturated heterocycles. The van der Waals surface area contributed by atoms with E-state index in [9.17, 15) is 8.42 Å². The first-order valence-corrected chi connectivity index (χ1v) is 9.19. The largest absolute Gasteiger partial charge is 0.378 e. The summed E-state index contributed by atoms with van der Waals surface area (Å²) >= 11 is 0. The van der Waals surface area contributed by atoms with Crippen molar-refractivity contribution >= 4 is 10.0 Å². The Morgan fingerprint density at radius 1 is 1.38 bits per heavy atom. The van der Waals surface area contributed by atoms with E-state index in [4.69, 9.17) is 9.26 Å². The Morgan fingerprint density at radius 3 is 2.83 bits per heavy atom. The summed E-state index contributed by atoms with van der Waals surface area (Å²) in [6.07, 6.45) is 0. The SMILES string of the molecule is C=C(C)CS(=O)(=O)N1CCOC[C@@H]1c1nc(-c2ccccc2)no1. The Bertz CT molecular complexity index is 817. The highest BCUT2D eigenvalue weighted by Crippen LogP contribution is 2.28. The van der Waals surface area contributed by atoms with Crippen LogP contribution in [0.25, 0.3) is 11.4 Å². The summed E-state index contributed by atoms with van der Waals surface area (Å²) < 4.78 is 37.3. The summed E-state index contributed by atoms with van der Waals surface area (Å²) in [5.74, 6) is 0.552. The van der Waals surface area contributed by atoms with Crippen molar-refractivity contribution < 1.29 is 17.7 Å². The second-order valence-electron chi connectivity index (χ2n) is 5.74. The van der Waals surface area contributed by atoms with Crippen LogP contribution in [0.5, 0.6) is 0 Å². The minimum Gasteiger partial charge on any atom is -0.378 e. The van der Waals surface area contributed by atoms with Gasteiger partial charge in [-0.1, -0.05) is 47.6 Å². The Labute approximate surface area is 141 Å². The van der Waals surface area contributed by atoms with Crippen LogP contribution in [0.3, 0.4) is 0 Å². The molecule has 1 atom stereocenters. The molecule has 7 nitrogen and oxygen atoms in total. The molecule has 128 valence electrons. The number of nitrogens with zero attached hydrogens (tertiary/aromatic N) is 3. The van der Waals surface area contributed by atoms with E-state index in [2.05, 4.69) is 16.7 Å². The molecule has 2 aromatic rings. The molecule has 24 heavy (non-hydrogen) atoms. The Kier molecular flexibility index (Phi) is 4.79. The summed E-state index contributed by atoms with van der Waals surface area (Å²) in [4.78, 5) is 4.36. The van der Waals surface area contributed by atoms with Gasteiger partial charge in [-0.2, -0.15) is 9.29 Å². The molecule has 0 aliphatic carbocycles. The zero-order chi connectivity index (χ0) is 17.2. The number of aromatic nitrogens is 2. The van der Waals surface area contributed by atoms with Crippen molar-refractivity contribution in [2.45, 2.75) is 13.0 Å². The zero-order valence-corrected chi connectivity index (χ0v) is 14.2. The van der Waals surface area contributed by atoms with Crippen LogP contribution in [0.4, 0.5) is 0 Å². The van der Waals surface area contributed by atoms with Crippen molar-refractivity contribution in [3.8, 4) is 11.4 Å². The molecular weight excluding hydrogens is 330 g/mol. The number of rotatable bonds is 5. The first-order valence-electron chi connectivity index (χ1n) is 7.58. The van der Waals surface area contributed by atoms with Crippen molar-refractivity contribution in [2.24, 2.45) is 0 Å². The van der Waals surface area contributed by atoms with Crippen molar-refractivity contribution in [1.82, 2.24) is 14.4 Å². The molecule has 0 unspecified atom stereocenters. The monoisotopic (exact) mass is 349 g/mol. The summed E-state index contributed by atoms with van der Waals surface area (Å²) in [6.45, 7) is 6.15. The summed E-state index contributed by atoms with van der Waals surface area (Å²) in [5, 5.41) is 3.96. The van der Waals surface area contributed by atoms with Gasteiger partial charge in [0, 0.05) is 12.1 Å². The van der Waals surface area contributed by atoms with Crippen LogP contribution in [0.1, 0.15) is 18.9 Å². The summed E-state index contributed by atoms with van der Waals surface area (Å²) in [5.41, 5.74) is 1.39. The Morgan fingerprint density at radius 2 is 2.12 bits per heavy atom. The molecule has 0 amide bonds. The van der Waals surface area contributed by atoms with E-state index in [-0.39, 0.29) is 24.8 Å². The van der Waals surface area contributed by atoms with Crippen LogP contribution < -0.4 is 0 Å². The molecule has 0 saturated carbocycles. The number of sulfonamides is 1. The van der Waals surface area contributed by atoms with Crippen molar-refractivity contribution in [1.29, 1.82) is 0 Å². The van der Waals surface area contributed by atoms with Gasteiger partial charge in [-0.3, -0.25) is 0 Å². The van der Waals surface area contributed by atoms with Gasteiger partial charge < -0.3 is 9.26 Å². The van der Waals surface area contributed by atoms with Crippen LogP contribution in [-0.4, -0.2) is 48.4 Å². The highest BCUT2D eigenvalue weighted by Gasteiger charge is 2.37. The fourth-order valence-electron chi connectivity index (χ4n) is 2.59. The van der Waals surface area contributed by atoms with Crippen molar-refractivity contribution in [3.05, 3.63) is 48.4 Å². The van der Waals surface area contributed by atoms with Crippen molar-refractivity contribution in [3.63, 3.8) is 0 Å². The number of hydrogen-bond donors (Lipinski definition) is 0. The first-order chi connectivity index (χ1) is 11.5. The molecule has 1 aliphatic heterocycles. The smallest absolute Gasteiger partial charge is 0.247 e. The van der Waals surface area contributed by atoms with Crippen LogP contribution in [0.2, 0.25) is 0 Å². The van der Waals surface area contributed by atoms with Gasteiger partial charge in [0.15, 0.2) is 0 Å². The molecule has 1 aromatic carbocycles. The maximum atomic E-state index is 12.6. The maximum absolute atomic E-state index is 12.6. The van der Waals surface area contributed by atoms with E-state index >= 15 is 0 Å². The van der Waals surface area contributed by atoms with Gasteiger partial charge >= 0.3 is 0 Å². The summed E-state index contributed by atoms with van der Waals surface area (Å²) in [6, 6.07) is 8.75. The molecule has 0 N–H and O–H groups in total. The van der Waals surface area contributed by atoms with Gasteiger partial charge in [0.1, 0.15) is 6.04 Å². The minimum atomic E-state index is -3.51. The fraction of sp³-hybridized carbons (Fsp3) is 0.375. The average Bonchev–Trinajstić information content (AvgIpc) is 3.04. The molecule has 1 aromatic heterocycles. The molecule has 3 rings (SSSR count). The van der Waals surface area contributed by atoms with Gasteiger partial charge in [-0.15, -0.1) is 0 Å². The van der Waals surface area contributed by atoms with E-state index in [1.54, 1.807) is 6.92 Å². The van der Waals surface area contributed by atoms with Gasteiger partial charge in [0.05, 0.1) is 19.0 Å². The topological polar surface area (TPSA) is 85.5 Å². The van der Waals surface area contributed by atoms with Gasteiger partial charge in [-0.05, 0) is 6.92 Å². The molecule has 8 heteroatoms. The van der Waals surface area contributed by atoms with E-state index in [1.807, 2.05) is 30.3 Å². The number of morpholine rings is 1. The molecular formula is C16H19N3O4S. The number of benzene rings is 1. The van der Waals surface area contributed by atoms with Crippen LogP contribution in [0, 0.1) is 0 Å². The predicted octanol–water partition coefficient (Wildman–Crippen LogP) is 2.02. The normalized spacial score (nSPS) is 19.3. The van der Waals surface area contributed by atoms with E-state index in [0.717, 1.165) is 5.56 Å². The maximum Gasteiger partial charge on any atom is 0.247 e. The van der Waals surface area contributed by atoms with E-state index in [0.29, 0.717) is 18.0 Å². The summed E-state index contributed by atoms with van der Waals surface area (Å²) in [7, 11) is -3.51. The van der Waals surface area contributed by atoms with E-state index in [1.165, 1.54) is 4.31 Å². The molecule has 0 bridgehead atoms. The third kappa shape index (κ3) is 3.55. The molecule has 0 radical (unpaired) electrons. The molecule has 0 spiro atoms. The number of hydrogen-bond acceptors (Lipinski definition) is 6. The zero-order valence-electron chi connectivity index (χ0n) is 13.4. The van der Waals surface area contributed by atoms with Gasteiger partial charge in [0.25, 0.3) is 0 Å². The lowest BCUT2D eigenvalue weighted by molar-refractivity contribution is 0.0204. The van der Waals surface area contributed by atoms with Crippen LogP contribution in [-0.2, 0) is 14.8 Å². The van der Waals surface area contributed by atoms with Crippen molar-refractivity contribution in [2.75, 3.05) is 25.5 Å². The number of ether oxygens (including phenoxy) is 1. The Hall–Kier alpha value is -2.03. The van der Waals surface area contributed by atoms with Crippen LogP contribution >= 0.6 is 0 Å². The van der Waals surface area contributed by atoms with Crippen LogP contribution in [0.15, 0.2) is 47.0 Å². The lowest BCUT2D eigenvalue weighted by atomic mass is 10.2. The highest BCUT2D eigenvalue weighted by atomic mass is 32.2. The molecule has 1 aliphatic rings. The fourth-order valence-corrected chi connectivity index (χ4v) is 4.27. The third-order valence-corrected chi connectivity index (χ3v) is 5.63. The second-order valence-corrected chi connectivity index (χ2v) is 7.66. The molecule has 1 fully saturated rings. The second kappa shape index (κ2) is 6.84. The highest BCUT2D eigenvalue weighted by molar-refractivity contribution is 7.89. The lowest BCUT2D eigenvalue weighted by Gasteiger charge is -2.32. The Balaban J connectivity index is 1.89. The standard InChI is InChI=1S/C16H19N3O4S/c1-12(2)11-24(20,21)19-8-9-22-10-14(19)16-17-15(18-23-16)13-6-4-3-5-7-13/h3-7,14H,1,8-11H2,2H3/t14-/m1/s1. The average molecular weight is 349 g/mol. The quantitative estimate of drug-likeness (QED) is 0.768. The van der Waals surface area contributed by atoms with E-state index < -0.39 is 16.1 Å². The lowest BCUT2D eigenvalue weighted by Crippen LogP contribution is -2.44. The third-order valence-electron chi connectivity index (χ3n) is 3.62. The first kappa shape index (κ1) is 16.8. The van der Waals surface area contributed by atoms with Gasteiger partial charge in [0.2, 0.25) is 21.7 Å².